The molecular formula is C19H22N4O4. The van der Waals surface area contributed by atoms with Gasteiger partial charge in [0.05, 0.1) is 0 Å². The Morgan fingerprint density at radius 3 is 3.11 bits per heavy atom. The van der Waals surface area contributed by atoms with E-state index in [1.165, 1.54) is 4.90 Å². The Labute approximate surface area is 156 Å². The molecule has 3 rings (SSSR count). The average molecular weight is 370 g/mol. The molecule has 2 N–H and O–H groups in total. The molecule has 1 aromatic heterocycles. The highest BCUT2D eigenvalue weighted by Gasteiger charge is 2.26. The standard InChI is InChI=1S/C19H22N4O4/c1-2-9-20-18(25)14-7-5-6-13(11-14)17-21-16(27-22-17)12-23-10-4-3-8-15(24)19(23)26/h2,5-7,11,15,24H,1,3-4,8-10,12H2,(H,20,25). The molecule has 2 aromatic rings. The lowest BCUT2D eigenvalue weighted by atomic mass is 10.1. The molecule has 1 aliphatic heterocycles. The fourth-order valence-electron chi connectivity index (χ4n) is 2.91. The van der Waals surface area contributed by atoms with E-state index in [2.05, 4.69) is 22.0 Å². The summed E-state index contributed by atoms with van der Waals surface area (Å²) in [6.45, 7) is 4.65. The lowest BCUT2D eigenvalue weighted by Crippen LogP contribution is -2.37. The van der Waals surface area contributed by atoms with Crippen molar-refractivity contribution in [2.24, 2.45) is 0 Å². The number of carbonyl (C=O) groups excluding carboxylic acids is 2. The van der Waals surface area contributed by atoms with Crippen LogP contribution in [0.15, 0.2) is 41.4 Å². The molecule has 1 saturated heterocycles. The van der Waals surface area contributed by atoms with Gasteiger partial charge in [-0.05, 0) is 31.4 Å². The number of nitrogens with one attached hydrogen (secondary N) is 1. The minimum Gasteiger partial charge on any atom is -0.383 e. The summed E-state index contributed by atoms with van der Waals surface area (Å²) >= 11 is 0. The second-order valence-corrected chi connectivity index (χ2v) is 6.36. The van der Waals surface area contributed by atoms with E-state index in [1.807, 2.05) is 0 Å². The van der Waals surface area contributed by atoms with E-state index in [9.17, 15) is 14.7 Å². The zero-order chi connectivity index (χ0) is 19.2. The third kappa shape index (κ3) is 4.59. The number of aliphatic hydroxyl groups is 1. The summed E-state index contributed by atoms with van der Waals surface area (Å²) in [5, 5.41) is 16.5. The third-order valence-electron chi connectivity index (χ3n) is 4.34. The summed E-state index contributed by atoms with van der Waals surface area (Å²) in [6, 6.07) is 6.89. The van der Waals surface area contributed by atoms with Gasteiger partial charge in [0.15, 0.2) is 0 Å². The van der Waals surface area contributed by atoms with Crippen molar-refractivity contribution < 1.29 is 19.2 Å². The molecule has 8 heteroatoms. The van der Waals surface area contributed by atoms with Gasteiger partial charge in [0.2, 0.25) is 11.7 Å². The molecule has 142 valence electrons. The Kier molecular flexibility index (Phi) is 5.97. The van der Waals surface area contributed by atoms with Crippen LogP contribution in [0.25, 0.3) is 11.4 Å². The lowest BCUT2D eigenvalue weighted by Gasteiger charge is -2.19. The van der Waals surface area contributed by atoms with Crippen molar-refractivity contribution in [2.75, 3.05) is 13.1 Å². The molecule has 8 nitrogen and oxygen atoms in total. The van der Waals surface area contributed by atoms with Gasteiger partial charge in [-0.3, -0.25) is 9.59 Å². The number of rotatable bonds is 6. The summed E-state index contributed by atoms with van der Waals surface area (Å²) in [6.07, 6.45) is 2.74. The van der Waals surface area contributed by atoms with E-state index < -0.39 is 6.10 Å². The first kappa shape index (κ1) is 18.8. The van der Waals surface area contributed by atoms with E-state index in [4.69, 9.17) is 4.52 Å². The number of aliphatic hydroxyl groups excluding tert-OH is 1. The monoisotopic (exact) mass is 370 g/mol. The van der Waals surface area contributed by atoms with E-state index in [-0.39, 0.29) is 24.2 Å². The highest BCUT2D eigenvalue weighted by Crippen LogP contribution is 2.19. The van der Waals surface area contributed by atoms with Crippen LogP contribution in [0, 0.1) is 0 Å². The molecule has 2 amide bonds. The number of hydrogen-bond acceptors (Lipinski definition) is 6. The molecule has 0 saturated carbocycles. The van der Waals surface area contributed by atoms with E-state index in [0.717, 1.165) is 12.8 Å². The molecule has 1 atom stereocenters. The molecule has 1 unspecified atom stereocenters. The minimum absolute atomic E-state index is 0.155. The highest BCUT2D eigenvalue weighted by atomic mass is 16.5. The van der Waals surface area contributed by atoms with Crippen LogP contribution in [0.1, 0.15) is 35.5 Å². The Bertz CT molecular complexity index is 833. The maximum atomic E-state index is 12.2. The maximum Gasteiger partial charge on any atom is 0.251 e. The van der Waals surface area contributed by atoms with Gasteiger partial charge in [0.25, 0.3) is 11.8 Å². The molecule has 1 fully saturated rings. The summed E-state index contributed by atoms with van der Waals surface area (Å²) in [5.74, 6) is 0.0953. The van der Waals surface area contributed by atoms with Crippen LogP contribution in [0.3, 0.4) is 0 Å². The van der Waals surface area contributed by atoms with Gasteiger partial charge in [-0.2, -0.15) is 4.98 Å². The van der Waals surface area contributed by atoms with Crippen molar-refractivity contribution in [3.8, 4) is 11.4 Å². The second kappa shape index (κ2) is 8.59. The van der Waals surface area contributed by atoms with E-state index in [0.29, 0.717) is 36.5 Å². The number of amides is 2. The SMILES string of the molecule is C=CCNC(=O)c1cccc(-c2noc(CN3CCCCC(O)C3=O)n2)c1. The van der Waals surface area contributed by atoms with Crippen LogP contribution in [-0.4, -0.2) is 51.2 Å². The molecule has 0 radical (unpaired) electrons. The normalized spacial score (nSPS) is 17.4. The zero-order valence-corrected chi connectivity index (χ0v) is 14.9. The highest BCUT2D eigenvalue weighted by molar-refractivity contribution is 5.95. The topological polar surface area (TPSA) is 109 Å². The molecule has 0 bridgehead atoms. The van der Waals surface area contributed by atoms with Gasteiger partial charge >= 0.3 is 0 Å². The van der Waals surface area contributed by atoms with Crippen LogP contribution in [0.2, 0.25) is 0 Å². The molecule has 0 spiro atoms. The van der Waals surface area contributed by atoms with Crippen molar-refractivity contribution in [2.45, 2.75) is 31.9 Å². The van der Waals surface area contributed by atoms with E-state index in [1.54, 1.807) is 30.3 Å². The number of aromatic nitrogens is 2. The van der Waals surface area contributed by atoms with Gasteiger partial charge < -0.3 is 19.8 Å². The van der Waals surface area contributed by atoms with Gasteiger partial charge in [-0.25, -0.2) is 0 Å². The average Bonchev–Trinajstić information content (AvgIpc) is 3.10. The number of benzene rings is 1. The van der Waals surface area contributed by atoms with Crippen molar-refractivity contribution in [3.05, 3.63) is 48.4 Å². The van der Waals surface area contributed by atoms with Crippen molar-refractivity contribution >= 4 is 11.8 Å². The first-order valence-corrected chi connectivity index (χ1v) is 8.87. The fourth-order valence-corrected chi connectivity index (χ4v) is 2.91. The predicted molar refractivity (Wildman–Crippen MR) is 97.5 cm³/mol. The quantitative estimate of drug-likeness (QED) is 0.747. The number of hydrogen-bond donors (Lipinski definition) is 2. The molecule has 27 heavy (non-hydrogen) atoms. The molecular weight excluding hydrogens is 348 g/mol. The summed E-state index contributed by atoms with van der Waals surface area (Å²) in [5.41, 5.74) is 1.12. The predicted octanol–water partition coefficient (Wildman–Crippen LogP) is 1.53. The van der Waals surface area contributed by atoms with Crippen LogP contribution in [0.4, 0.5) is 0 Å². The summed E-state index contributed by atoms with van der Waals surface area (Å²) in [4.78, 5) is 30.1. The zero-order valence-electron chi connectivity index (χ0n) is 14.9. The first-order valence-electron chi connectivity index (χ1n) is 8.87. The van der Waals surface area contributed by atoms with Gasteiger partial charge in [0, 0.05) is 24.2 Å². The third-order valence-corrected chi connectivity index (χ3v) is 4.34. The second-order valence-electron chi connectivity index (χ2n) is 6.36. The Morgan fingerprint density at radius 2 is 2.30 bits per heavy atom. The largest absolute Gasteiger partial charge is 0.383 e. The number of carbonyl (C=O) groups is 2. The minimum atomic E-state index is -0.972. The summed E-state index contributed by atoms with van der Waals surface area (Å²) in [7, 11) is 0. The number of nitrogens with zero attached hydrogens (tertiary/aromatic N) is 3. The molecule has 0 aliphatic carbocycles. The van der Waals surface area contributed by atoms with Crippen molar-refractivity contribution in [1.29, 1.82) is 0 Å². The lowest BCUT2D eigenvalue weighted by molar-refractivity contribution is -0.140. The Hall–Kier alpha value is -3.00. The number of likely N-dealkylation sites (tertiary alicyclic amines) is 1. The first-order chi connectivity index (χ1) is 13.1. The van der Waals surface area contributed by atoms with Gasteiger partial charge in [-0.1, -0.05) is 23.4 Å². The molecule has 2 heterocycles. The maximum absolute atomic E-state index is 12.2. The van der Waals surface area contributed by atoms with Crippen LogP contribution in [0.5, 0.6) is 0 Å². The fraction of sp³-hybridized carbons (Fsp3) is 0.368. The van der Waals surface area contributed by atoms with E-state index >= 15 is 0 Å². The van der Waals surface area contributed by atoms with Gasteiger partial charge in [0.1, 0.15) is 12.6 Å². The smallest absolute Gasteiger partial charge is 0.251 e. The molecule has 1 aliphatic rings. The van der Waals surface area contributed by atoms with Crippen LogP contribution < -0.4 is 5.32 Å². The van der Waals surface area contributed by atoms with Crippen LogP contribution in [-0.2, 0) is 11.3 Å². The molecule has 1 aromatic carbocycles. The van der Waals surface area contributed by atoms with Crippen molar-refractivity contribution in [1.82, 2.24) is 20.4 Å². The Morgan fingerprint density at radius 1 is 1.44 bits per heavy atom. The summed E-state index contributed by atoms with van der Waals surface area (Å²) < 4.78 is 5.26. The van der Waals surface area contributed by atoms with Crippen LogP contribution >= 0.6 is 0 Å². The van der Waals surface area contributed by atoms with Crippen molar-refractivity contribution in [3.63, 3.8) is 0 Å². The van der Waals surface area contributed by atoms with Gasteiger partial charge in [-0.15, -0.1) is 6.58 Å². The Balaban J connectivity index is 1.73.